The smallest absolute Gasteiger partial charge is 0.408 e. The summed E-state index contributed by atoms with van der Waals surface area (Å²) in [6, 6.07) is 6.00. The van der Waals surface area contributed by atoms with Crippen LogP contribution in [0.3, 0.4) is 0 Å². The molecule has 0 saturated carbocycles. The molecule has 3 unspecified atom stereocenters. The van der Waals surface area contributed by atoms with Gasteiger partial charge in [-0.2, -0.15) is 0 Å². The Hall–Kier alpha value is -2.90. The van der Waals surface area contributed by atoms with Crippen molar-refractivity contribution < 1.29 is 23.9 Å². The van der Waals surface area contributed by atoms with Crippen LogP contribution in [0.1, 0.15) is 78.4 Å². The predicted molar refractivity (Wildman–Crippen MR) is 142 cm³/mol. The van der Waals surface area contributed by atoms with Crippen molar-refractivity contribution in [3.63, 3.8) is 0 Å². The quantitative estimate of drug-likeness (QED) is 0.523. The lowest BCUT2D eigenvalue weighted by atomic mass is 9.95. The lowest BCUT2D eigenvalue weighted by Gasteiger charge is -2.32. The molecule has 1 aromatic carbocycles. The zero-order chi connectivity index (χ0) is 27.3. The fraction of sp³-hybridized carbons (Fsp3) is 0.655. The number of alkyl carbamates (subject to hydrolysis) is 1. The number of nitrogens with one attached hydrogen (secondary N) is 2. The van der Waals surface area contributed by atoms with E-state index in [0.717, 1.165) is 12.8 Å². The second-order valence-electron chi connectivity index (χ2n) is 11.5. The van der Waals surface area contributed by atoms with E-state index in [1.54, 1.807) is 25.7 Å². The molecule has 1 aliphatic heterocycles. The summed E-state index contributed by atoms with van der Waals surface area (Å²) in [7, 11) is 0. The number of carbonyl (C=O) groups is 4. The van der Waals surface area contributed by atoms with Crippen LogP contribution >= 0.6 is 0 Å². The van der Waals surface area contributed by atoms with Crippen molar-refractivity contribution in [3.05, 3.63) is 35.4 Å². The van der Waals surface area contributed by atoms with Crippen LogP contribution in [-0.2, 0) is 32.0 Å². The topological polar surface area (TPSA) is 105 Å². The van der Waals surface area contributed by atoms with Gasteiger partial charge in [-0.1, -0.05) is 51.0 Å². The summed E-state index contributed by atoms with van der Waals surface area (Å²) in [4.78, 5) is 54.0. The number of hydrogen-bond donors (Lipinski definition) is 2. The van der Waals surface area contributed by atoms with Gasteiger partial charge in [0.25, 0.3) is 0 Å². The molecule has 8 heteroatoms. The van der Waals surface area contributed by atoms with Crippen molar-refractivity contribution in [1.29, 1.82) is 0 Å². The molecule has 0 radical (unpaired) electrons. The zero-order valence-corrected chi connectivity index (χ0v) is 23.1. The Bertz CT molecular complexity index is 977. The van der Waals surface area contributed by atoms with Gasteiger partial charge in [-0.15, -0.1) is 0 Å². The van der Waals surface area contributed by atoms with Crippen LogP contribution in [0, 0.1) is 11.8 Å². The molecule has 37 heavy (non-hydrogen) atoms. The SMILES string of the molecule is CCCC(NC(=O)C1C[C@@H](CC)CN1C(=O)C(NC(=O)OC(C)(C)C)C1Cc2ccccc2C1)C(C)=O. The van der Waals surface area contributed by atoms with Gasteiger partial charge in [0.05, 0.1) is 6.04 Å². The number of fused-ring (bicyclic) bond motifs is 1. The molecule has 2 aliphatic rings. The van der Waals surface area contributed by atoms with Gasteiger partial charge < -0.3 is 20.3 Å². The lowest BCUT2D eigenvalue weighted by molar-refractivity contribution is -0.141. The van der Waals surface area contributed by atoms with Gasteiger partial charge in [0.2, 0.25) is 11.8 Å². The van der Waals surface area contributed by atoms with Gasteiger partial charge in [-0.3, -0.25) is 14.4 Å². The highest BCUT2D eigenvalue weighted by Gasteiger charge is 2.45. The van der Waals surface area contributed by atoms with Crippen molar-refractivity contribution in [3.8, 4) is 0 Å². The van der Waals surface area contributed by atoms with Crippen molar-refractivity contribution in [2.75, 3.05) is 6.54 Å². The molecule has 2 N–H and O–H groups in total. The van der Waals surface area contributed by atoms with E-state index in [2.05, 4.69) is 22.8 Å². The summed E-state index contributed by atoms with van der Waals surface area (Å²) < 4.78 is 5.50. The summed E-state index contributed by atoms with van der Waals surface area (Å²) in [5.74, 6) is -0.638. The van der Waals surface area contributed by atoms with Crippen LogP contribution in [0.2, 0.25) is 0 Å². The molecule has 4 atom stereocenters. The minimum absolute atomic E-state index is 0.0914. The first kappa shape index (κ1) is 28.7. The summed E-state index contributed by atoms with van der Waals surface area (Å²) in [5.41, 5.74) is 1.63. The summed E-state index contributed by atoms with van der Waals surface area (Å²) in [6.45, 7) is 11.3. The fourth-order valence-corrected chi connectivity index (χ4v) is 5.47. The average molecular weight is 514 g/mol. The number of likely N-dealkylation sites (tertiary alicyclic amines) is 1. The number of ketones is 1. The molecule has 1 aromatic rings. The van der Waals surface area contributed by atoms with Gasteiger partial charge in [0.15, 0.2) is 5.78 Å². The number of benzene rings is 1. The summed E-state index contributed by atoms with van der Waals surface area (Å²) in [6.07, 6.45) is 3.36. The molecule has 0 bridgehead atoms. The number of ether oxygens (including phenoxy) is 1. The van der Waals surface area contributed by atoms with Gasteiger partial charge in [-0.05, 0) is 76.3 Å². The molecule has 1 saturated heterocycles. The number of carbonyl (C=O) groups excluding carboxylic acids is 4. The lowest BCUT2D eigenvalue weighted by Crippen LogP contribution is -2.57. The number of amides is 3. The summed E-state index contributed by atoms with van der Waals surface area (Å²) in [5, 5.41) is 5.75. The zero-order valence-electron chi connectivity index (χ0n) is 23.1. The minimum Gasteiger partial charge on any atom is -0.444 e. The summed E-state index contributed by atoms with van der Waals surface area (Å²) >= 11 is 0. The van der Waals surface area contributed by atoms with Crippen molar-refractivity contribution in [1.82, 2.24) is 15.5 Å². The Morgan fingerprint density at radius 1 is 1.05 bits per heavy atom. The number of rotatable bonds is 9. The highest BCUT2D eigenvalue weighted by atomic mass is 16.6. The second-order valence-corrected chi connectivity index (χ2v) is 11.5. The molecule has 3 amide bonds. The first-order chi connectivity index (χ1) is 17.4. The second kappa shape index (κ2) is 12.1. The third-order valence-corrected chi connectivity index (χ3v) is 7.43. The highest BCUT2D eigenvalue weighted by molar-refractivity contribution is 5.94. The largest absolute Gasteiger partial charge is 0.444 e. The Balaban J connectivity index is 1.86. The molecule has 0 spiro atoms. The molecule has 8 nitrogen and oxygen atoms in total. The molecule has 0 aromatic heterocycles. The first-order valence-electron chi connectivity index (χ1n) is 13.6. The number of hydrogen-bond acceptors (Lipinski definition) is 5. The van der Waals surface area contributed by atoms with Gasteiger partial charge in [0.1, 0.15) is 17.7 Å². The molecule has 1 aliphatic carbocycles. The van der Waals surface area contributed by atoms with Gasteiger partial charge in [0, 0.05) is 6.54 Å². The van der Waals surface area contributed by atoms with Crippen molar-refractivity contribution >= 4 is 23.7 Å². The Morgan fingerprint density at radius 2 is 1.68 bits per heavy atom. The third-order valence-electron chi connectivity index (χ3n) is 7.43. The van der Waals surface area contributed by atoms with Gasteiger partial charge >= 0.3 is 6.09 Å². The monoisotopic (exact) mass is 513 g/mol. The fourth-order valence-electron chi connectivity index (χ4n) is 5.47. The Kier molecular flexibility index (Phi) is 9.37. The third kappa shape index (κ3) is 7.33. The predicted octanol–water partition coefficient (Wildman–Crippen LogP) is 3.80. The van der Waals surface area contributed by atoms with Crippen LogP contribution in [0.15, 0.2) is 24.3 Å². The minimum atomic E-state index is -0.826. The molecule has 1 heterocycles. The van der Waals surface area contributed by atoms with E-state index >= 15 is 0 Å². The number of Topliss-reactive ketones (excluding diaryl/α,β-unsaturated/α-hetero) is 1. The molecular formula is C29H43N3O5. The van der Waals surface area contributed by atoms with Gasteiger partial charge in [-0.25, -0.2) is 4.79 Å². The maximum atomic E-state index is 14.1. The molecular weight excluding hydrogens is 470 g/mol. The van der Waals surface area contributed by atoms with E-state index in [-0.39, 0.29) is 29.4 Å². The maximum Gasteiger partial charge on any atom is 0.408 e. The van der Waals surface area contributed by atoms with E-state index in [1.807, 2.05) is 26.0 Å². The van der Waals surface area contributed by atoms with E-state index in [0.29, 0.717) is 32.2 Å². The van der Waals surface area contributed by atoms with Crippen LogP contribution in [0.5, 0.6) is 0 Å². The van der Waals surface area contributed by atoms with Crippen molar-refractivity contribution in [2.24, 2.45) is 11.8 Å². The van der Waals surface area contributed by atoms with Crippen LogP contribution in [0.25, 0.3) is 0 Å². The average Bonchev–Trinajstić information content (AvgIpc) is 3.45. The van der Waals surface area contributed by atoms with Crippen LogP contribution < -0.4 is 10.6 Å². The maximum absolute atomic E-state index is 14.1. The van der Waals surface area contributed by atoms with Crippen molar-refractivity contribution in [2.45, 2.75) is 104 Å². The Morgan fingerprint density at radius 3 is 2.19 bits per heavy atom. The van der Waals surface area contributed by atoms with Crippen LogP contribution in [-0.4, -0.2) is 58.9 Å². The van der Waals surface area contributed by atoms with E-state index in [9.17, 15) is 19.2 Å². The van der Waals surface area contributed by atoms with E-state index in [4.69, 9.17) is 4.74 Å². The molecule has 1 fully saturated rings. The molecule has 204 valence electrons. The number of nitrogens with zero attached hydrogens (tertiary/aromatic N) is 1. The highest BCUT2D eigenvalue weighted by Crippen LogP contribution is 2.32. The van der Waals surface area contributed by atoms with Crippen LogP contribution in [0.4, 0.5) is 4.79 Å². The molecule has 3 rings (SSSR count). The van der Waals surface area contributed by atoms with E-state index in [1.165, 1.54) is 18.1 Å². The first-order valence-corrected chi connectivity index (χ1v) is 13.6. The van der Waals surface area contributed by atoms with E-state index < -0.39 is 29.8 Å². The standard InChI is InChI=1S/C29H43N3O5/c1-7-11-23(18(3)33)30-26(34)24-14-19(8-2)17-32(24)27(35)25(31-28(36)37-29(4,5)6)22-15-20-12-9-10-13-21(20)16-22/h9-10,12-13,19,22-25H,7-8,11,14-17H2,1-6H3,(H,30,34)(H,31,36)/t19-,23?,24?,25?/m1/s1. The Labute approximate surface area is 220 Å². The normalized spacial score (nSPS) is 21.2.